The van der Waals surface area contributed by atoms with Gasteiger partial charge in [-0.1, -0.05) is 41.6 Å². The third-order valence-corrected chi connectivity index (χ3v) is 8.45. The van der Waals surface area contributed by atoms with Gasteiger partial charge in [-0.05, 0) is 49.4 Å². The fraction of sp³-hybridized carbons (Fsp3) is 0.440. The number of nitrogens with zero attached hydrogens (tertiary/aromatic N) is 3. The number of hydrogen-bond acceptors (Lipinski definition) is 6. The molecule has 0 radical (unpaired) electrons. The van der Waals surface area contributed by atoms with Crippen LogP contribution in [-0.2, 0) is 6.42 Å². The van der Waals surface area contributed by atoms with Crippen molar-refractivity contribution in [3.05, 3.63) is 77.7 Å². The third-order valence-electron chi connectivity index (χ3n) is 6.75. The van der Waals surface area contributed by atoms with Crippen molar-refractivity contribution in [3.8, 4) is 0 Å². The molecule has 32 heavy (non-hydrogen) atoms. The average molecular weight is 453 g/mol. The van der Waals surface area contributed by atoms with E-state index in [1.54, 1.807) is 6.07 Å². The average Bonchev–Trinajstić information content (AvgIpc) is 3.37. The fourth-order valence-corrected chi connectivity index (χ4v) is 6.30. The Kier molecular flexibility index (Phi) is 6.46. The highest BCUT2D eigenvalue weighted by Crippen LogP contribution is 2.38. The summed E-state index contributed by atoms with van der Waals surface area (Å²) in [4.78, 5) is 6.44. The highest BCUT2D eigenvalue weighted by Gasteiger charge is 2.30. The van der Waals surface area contributed by atoms with Gasteiger partial charge < -0.3 is 14.7 Å². The predicted octanol–water partition coefficient (Wildman–Crippen LogP) is 4.97. The zero-order valence-corrected chi connectivity index (χ0v) is 19.1. The van der Waals surface area contributed by atoms with Crippen molar-refractivity contribution >= 4 is 17.4 Å². The Morgan fingerprint density at radius 1 is 1.16 bits per heavy atom. The Hall–Kier alpha value is -2.38. The van der Waals surface area contributed by atoms with Gasteiger partial charge in [0.15, 0.2) is 5.82 Å². The number of piperidine rings is 1. The van der Waals surface area contributed by atoms with E-state index < -0.39 is 0 Å². The number of benzene rings is 2. The van der Waals surface area contributed by atoms with Gasteiger partial charge in [0.1, 0.15) is 5.82 Å². The van der Waals surface area contributed by atoms with Crippen LogP contribution >= 0.6 is 11.8 Å². The molecule has 0 saturated carbocycles. The molecular weight excluding hydrogens is 423 g/mol. The standard InChI is InChI=1S/C25H29FN4OS/c1-17-23(32-24(15-27-17)18-5-3-2-4-6-18)13-20-7-8-21(14-22(20)26)30-11-9-19(10-12-30)25-28-16-31-29-25/h2-8,14,16-17,19,23-24,27H,9-13,15H2,1H3/t17-,23?,24?/m0/s1. The van der Waals surface area contributed by atoms with Crippen LogP contribution in [0.1, 0.15) is 47.9 Å². The van der Waals surface area contributed by atoms with E-state index in [0.717, 1.165) is 56.0 Å². The zero-order valence-electron chi connectivity index (χ0n) is 18.3. The molecule has 5 rings (SSSR count). The van der Waals surface area contributed by atoms with Crippen molar-refractivity contribution in [2.24, 2.45) is 0 Å². The lowest BCUT2D eigenvalue weighted by Gasteiger charge is -2.35. The van der Waals surface area contributed by atoms with Crippen LogP contribution in [0.15, 0.2) is 59.4 Å². The maximum absolute atomic E-state index is 15.1. The number of anilines is 1. The number of nitrogens with one attached hydrogen (secondary N) is 1. The molecule has 2 saturated heterocycles. The molecule has 2 unspecified atom stereocenters. The molecule has 0 spiro atoms. The SMILES string of the molecule is C[C@@H]1NCC(c2ccccc2)SC1Cc1ccc(N2CCC(c3ncon3)CC2)cc1F. The zero-order chi connectivity index (χ0) is 21.9. The second-order valence-corrected chi connectivity index (χ2v) is 10.2. The molecule has 2 aliphatic rings. The van der Waals surface area contributed by atoms with Gasteiger partial charge in [-0.3, -0.25) is 0 Å². The normalized spacial score (nSPS) is 24.6. The molecule has 168 valence electrons. The van der Waals surface area contributed by atoms with Crippen LogP contribution in [0.4, 0.5) is 10.1 Å². The lowest BCUT2D eigenvalue weighted by Crippen LogP contribution is -2.43. The van der Waals surface area contributed by atoms with E-state index in [1.807, 2.05) is 17.8 Å². The summed E-state index contributed by atoms with van der Waals surface area (Å²) < 4.78 is 20.0. The number of rotatable bonds is 5. The highest BCUT2D eigenvalue weighted by atomic mass is 32.2. The van der Waals surface area contributed by atoms with Crippen LogP contribution in [0, 0.1) is 5.82 Å². The molecule has 1 aromatic heterocycles. The van der Waals surface area contributed by atoms with Crippen molar-refractivity contribution in [1.29, 1.82) is 0 Å². The van der Waals surface area contributed by atoms with E-state index in [0.29, 0.717) is 22.5 Å². The summed E-state index contributed by atoms with van der Waals surface area (Å²) in [5.41, 5.74) is 3.10. The van der Waals surface area contributed by atoms with Crippen LogP contribution < -0.4 is 10.2 Å². The van der Waals surface area contributed by atoms with Gasteiger partial charge >= 0.3 is 0 Å². The van der Waals surface area contributed by atoms with Crippen molar-refractivity contribution in [2.75, 3.05) is 24.5 Å². The van der Waals surface area contributed by atoms with Crippen LogP contribution in [0.2, 0.25) is 0 Å². The van der Waals surface area contributed by atoms with E-state index in [1.165, 1.54) is 12.0 Å². The quantitative estimate of drug-likeness (QED) is 0.590. The van der Waals surface area contributed by atoms with Gasteiger partial charge in [0.25, 0.3) is 0 Å². The first kappa shape index (κ1) is 21.5. The smallest absolute Gasteiger partial charge is 0.213 e. The van der Waals surface area contributed by atoms with E-state index >= 15 is 4.39 Å². The molecule has 0 bridgehead atoms. The van der Waals surface area contributed by atoms with Gasteiger partial charge in [-0.2, -0.15) is 4.98 Å². The Bertz CT molecular complexity index is 1010. The van der Waals surface area contributed by atoms with E-state index in [4.69, 9.17) is 4.52 Å². The Morgan fingerprint density at radius 2 is 1.97 bits per heavy atom. The van der Waals surface area contributed by atoms with Crippen molar-refractivity contribution in [2.45, 2.75) is 48.6 Å². The molecule has 2 fully saturated rings. The van der Waals surface area contributed by atoms with Crippen LogP contribution in [0.5, 0.6) is 0 Å². The maximum Gasteiger partial charge on any atom is 0.213 e. The maximum atomic E-state index is 15.1. The van der Waals surface area contributed by atoms with E-state index in [-0.39, 0.29) is 5.82 Å². The number of aromatic nitrogens is 2. The highest BCUT2D eigenvalue weighted by molar-refractivity contribution is 8.00. The second-order valence-electron chi connectivity index (χ2n) is 8.80. The molecule has 2 aliphatic heterocycles. The molecule has 3 aromatic rings. The van der Waals surface area contributed by atoms with E-state index in [9.17, 15) is 0 Å². The third kappa shape index (κ3) is 4.69. The summed E-state index contributed by atoms with van der Waals surface area (Å²) in [5, 5.41) is 8.34. The molecule has 3 atom stereocenters. The molecule has 5 nitrogen and oxygen atoms in total. The first-order chi connectivity index (χ1) is 15.7. The first-order valence-electron chi connectivity index (χ1n) is 11.4. The van der Waals surface area contributed by atoms with Crippen LogP contribution in [0.25, 0.3) is 0 Å². The second kappa shape index (κ2) is 9.63. The van der Waals surface area contributed by atoms with Gasteiger partial charge in [0, 0.05) is 47.8 Å². The minimum atomic E-state index is -0.0996. The van der Waals surface area contributed by atoms with Crippen molar-refractivity contribution in [3.63, 3.8) is 0 Å². The van der Waals surface area contributed by atoms with Crippen LogP contribution in [0.3, 0.4) is 0 Å². The van der Waals surface area contributed by atoms with Crippen molar-refractivity contribution < 1.29 is 8.91 Å². The van der Waals surface area contributed by atoms with E-state index in [2.05, 4.69) is 63.7 Å². The molecule has 2 aromatic carbocycles. The molecular formula is C25H29FN4OS. The molecule has 1 N–H and O–H groups in total. The minimum Gasteiger partial charge on any atom is -0.371 e. The molecule has 7 heteroatoms. The first-order valence-corrected chi connectivity index (χ1v) is 12.3. The Morgan fingerprint density at radius 3 is 2.69 bits per heavy atom. The van der Waals surface area contributed by atoms with Crippen molar-refractivity contribution in [1.82, 2.24) is 15.5 Å². The summed E-state index contributed by atoms with van der Waals surface area (Å²) in [6.07, 6.45) is 4.02. The minimum absolute atomic E-state index is 0.0996. The largest absolute Gasteiger partial charge is 0.371 e. The monoisotopic (exact) mass is 452 g/mol. The lowest BCUT2D eigenvalue weighted by molar-refractivity contribution is 0.393. The predicted molar refractivity (Wildman–Crippen MR) is 127 cm³/mol. The summed E-state index contributed by atoms with van der Waals surface area (Å²) >= 11 is 1.97. The fourth-order valence-electron chi connectivity index (χ4n) is 4.76. The Balaban J connectivity index is 1.22. The number of hydrogen-bond donors (Lipinski definition) is 1. The summed E-state index contributed by atoms with van der Waals surface area (Å²) in [5.74, 6) is 1.01. The molecule has 0 amide bonds. The lowest BCUT2D eigenvalue weighted by atomic mass is 9.95. The summed E-state index contributed by atoms with van der Waals surface area (Å²) in [7, 11) is 0. The topological polar surface area (TPSA) is 54.2 Å². The number of halogens is 1. The Labute approximate surface area is 192 Å². The summed E-state index contributed by atoms with van der Waals surface area (Å²) in [6, 6.07) is 16.7. The van der Waals surface area contributed by atoms with Crippen LogP contribution in [-0.4, -0.2) is 41.1 Å². The number of thioether (sulfide) groups is 1. The molecule has 3 heterocycles. The van der Waals surface area contributed by atoms with Gasteiger partial charge in [0.05, 0.1) is 0 Å². The van der Waals surface area contributed by atoms with Gasteiger partial charge in [-0.15, -0.1) is 11.8 Å². The molecule has 0 aliphatic carbocycles. The van der Waals surface area contributed by atoms with Gasteiger partial charge in [0.2, 0.25) is 6.39 Å². The summed E-state index contributed by atoms with van der Waals surface area (Å²) in [6.45, 7) is 4.90. The van der Waals surface area contributed by atoms with Gasteiger partial charge in [-0.25, -0.2) is 4.39 Å².